The van der Waals surface area contributed by atoms with Crippen molar-refractivity contribution in [1.82, 2.24) is 0 Å². The molecule has 1 atom stereocenters. The van der Waals surface area contributed by atoms with Crippen LogP contribution >= 0.6 is 0 Å². The highest BCUT2D eigenvalue weighted by atomic mass is 16.6. The van der Waals surface area contributed by atoms with Crippen molar-refractivity contribution in [2.75, 3.05) is 13.2 Å². The van der Waals surface area contributed by atoms with Gasteiger partial charge in [-0.1, -0.05) is 39.0 Å². The van der Waals surface area contributed by atoms with E-state index in [0.717, 1.165) is 12.4 Å². The molecule has 1 aliphatic heterocycles. The average Bonchev–Trinajstić information content (AvgIpc) is 2.97. The monoisotopic (exact) mass is 220 g/mol. The Morgan fingerprint density at radius 2 is 2.06 bits per heavy atom. The van der Waals surface area contributed by atoms with E-state index in [1.807, 2.05) is 0 Å². The molecule has 1 aromatic carbocycles. The molecule has 0 aromatic heterocycles. The normalized spacial score (nSPS) is 19.6. The first-order chi connectivity index (χ1) is 7.48. The molecule has 88 valence electrons. The van der Waals surface area contributed by atoms with Crippen molar-refractivity contribution >= 4 is 0 Å². The molecule has 1 heterocycles. The standard InChI is InChI=1S/C14H20O2/c1-10-6-5-7-12(14(2,3)4)13(10)16-9-11-8-15-11/h5-7,11H,8-9H2,1-4H3. The first-order valence-electron chi connectivity index (χ1n) is 5.83. The molecular formula is C14H20O2. The summed E-state index contributed by atoms with van der Waals surface area (Å²) in [5.74, 6) is 1.03. The van der Waals surface area contributed by atoms with Crippen molar-refractivity contribution in [2.24, 2.45) is 0 Å². The zero-order valence-corrected chi connectivity index (χ0v) is 10.5. The first kappa shape index (κ1) is 11.5. The summed E-state index contributed by atoms with van der Waals surface area (Å²) in [6, 6.07) is 6.34. The molecule has 0 N–H and O–H groups in total. The minimum absolute atomic E-state index is 0.117. The topological polar surface area (TPSA) is 21.8 Å². The third-order valence-corrected chi connectivity index (χ3v) is 2.84. The fraction of sp³-hybridized carbons (Fsp3) is 0.571. The predicted octanol–water partition coefficient (Wildman–Crippen LogP) is 3.07. The van der Waals surface area contributed by atoms with Crippen LogP contribution < -0.4 is 4.74 Å². The highest BCUT2D eigenvalue weighted by Crippen LogP contribution is 2.34. The van der Waals surface area contributed by atoms with Crippen LogP contribution in [0.2, 0.25) is 0 Å². The number of aryl methyl sites for hydroxylation is 1. The van der Waals surface area contributed by atoms with E-state index in [9.17, 15) is 0 Å². The predicted molar refractivity (Wildman–Crippen MR) is 65.1 cm³/mol. The number of hydrogen-bond acceptors (Lipinski definition) is 2. The summed E-state index contributed by atoms with van der Waals surface area (Å²) in [7, 11) is 0. The third-order valence-electron chi connectivity index (χ3n) is 2.84. The van der Waals surface area contributed by atoms with Crippen molar-refractivity contribution in [2.45, 2.75) is 39.2 Å². The molecule has 1 saturated heterocycles. The van der Waals surface area contributed by atoms with E-state index in [2.05, 4.69) is 45.9 Å². The highest BCUT2D eigenvalue weighted by Gasteiger charge is 2.25. The molecule has 2 nitrogen and oxygen atoms in total. The second kappa shape index (κ2) is 4.10. The van der Waals surface area contributed by atoms with E-state index >= 15 is 0 Å². The van der Waals surface area contributed by atoms with Crippen molar-refractivity contribution in [1.29, 1.82) is 0 Å². The molecule has 1 unspecified atom stereocenters. The fourth-order valence-corrected chi connectivity index (χ4v) is 1.78. The van der Waals surface area contributed by atoms with Gasteiger partial charge < -0.3 is 9.47 Å². The molecule has 2 rings (SSSR count). The van der Waals surface area contributed by atoms with E-state index in [4.69, 9.17) is 9.47 Å². The van der Waals surface area contributed by atoms with Gasteiger partial charge in [-0.3, -0.25) is 0 Å². The van der Waals surface area contributed by atoms with Crippen LogP contribution in [0.3, 0.4) is 0 Å². The van der Waals surface area contributed by atoms with Gasteiger partial charge in [-0.25, -0.2) is 0 Å². The van der Waals surface area contributed by atoms with Gasteiger partial charge in [0.2, 0.25) is 0 Å². The van der Waals surface area contributed by atoms with Crippen LogP contribution in [-0.2, 0) is 10.2 Å². The second-order valence-electron chi connectivity index (χ2n) is 5.47. The van der Waals surface area contributed by atoms with Gasteiger partial charge in [0, 0.05) is 0 Å². The quantitative estimate of drug-likeness (QED) is 0.730. The number of para-hydroxylation sites is 1. The Kier molecular flexibility index (Phi) is 2.94. The minimum Gasteiger partial charge on any atom is -0.490 e. The maximum atomic E-state index is 5.89. The molecule has 1 fully saturated rings. The van der Waals surface area contributed by atoms with Crippen LogP contribution in [0.15, 0.2) is 18.2 Å². The number of benzene rings is 1. The van der Waals surface area contributed by atoms with Gasteiger partial charge in [0.05, 0.1) is 6.61 Å². The molecule has 0 amide bonds. The lowest BCUT2D eigenvalue weighted by Gasteiger charge is -2.24. The molecule has 16 heavy (non-hydrogen) atoms. The number of epoxide rings is 1. The van der Waals surface area contributed by atoms with Crippen LogP contribution in [0.25, 0.3) is 0 Å². The lowest BCUT2D eigenvalue weighted by Crippen LogP contribution is -2.15. The number of ether oxygens (including phenoxy) is 2. The number of hydrogen-bond donors (Lipinski definition) is 0. The van der Waals surface area contributed by atoms with Gasteiger partial charge >= 0.3 is 0 Å². The van der Waals surface area contributed by atoms with Gasteiger partial charge in [0.1, 0.15) is 18.5 Å². The Labute approximate surface area is 97.6 Å². The summed E-state index contributed by atoms with van der Waals surface area (Å²) in [5.41, 5.74) is 2.59. The van der Waals surface area contributed by atoms with Crippen molar-refractivity contribution in [3.05, 3.63) is 29.3 Å². The number of rotatable bonds is 3. The SMILES string of the molecule is Cc1cccc(C(C)(C)C)c1OCC1CO1. The maximum Gasteiger partial charge on any atom is 0.126 e. The molecule has 1 aliphatic rings. The van der Waals surface area contributed by atoms with E-state index in [1.54, 1.807) is 0 Å². The maximum absolute atomic E-state index is 5.89. The Hall–Kier alpha value is -1.02. The third kappa shape index (κ3) is 2.56. The summed E-state index contributed by atoms with van der Waals surface area (Å²) < 4.78 is 11.1. The summed E-state index contributed by atoms with van der Waals surface area (Å²) in [5, 5.41) is 0. The Bertz CT molecular complexity index is 373. The molecule has 0 spiro atoms. The molecule has 0 radical (unpaired) electrons. The summed E-state index contributed by atoms with van der Waals surface area (Å²) in [4.78, 5) is 0. The summed E-state index contributed by atoms with van der Waals surface area (Å²) in [6.07, 6.45) is 0.312. The molecular weight excluding hydrogens is 200 g/mol. The van der Waals surface area contributed by atoms with Gasteiger partial charge in [0.25, 0.3) is 0 Å². The Morgan fingerprint density at radius 1 is 1.38 bits per heavy atom. The lowest BCUT2D eigenvalue weighted by molar-refractivity contribution is 0.257. The van der Waals surface area contributed by atoms with Crippen LogP contribution in [0.1, 0.15) is 31.9 Å². The van der Waals surface area contributed by atoms with E-state index in [0.29, 0.717) is 12.7 Å². The summed E-state index contributed by atoms with van der Waals surface area (Å²) in [6.45, 7) is 10.2. The highest BCUT2D eigenvalue weighted by molar-refractivity contribution is 5.44. The van der Waals surface area contributed by atoms with Crippen molar-refractivity contribution in [3.63, 3.8) is 0 Å². The summed E-state index contributed by atoms with van der Waals surface area (Å²) >= 11 is 0. The first-order valence-corrected chi connectivity index (χ1v) is 5.83. The van der Waals surface area contributed by atoms with Gasteiger partial charge in [-0.2, -0.15) is 0 Å². The smallest absolute Gasteiger partial charge is 0.126 e. The van der Waals surface area contributed by atoms with Gasteiger partial charge in [0.15, 0.2) is 0 Å². The van der Waals surface area contributed by atoms with Crippen molar-refractivity contribution < 1.29 is 9.47 Å². The zero-order chi connectivity index (χ0) is 11.8. The largest absolute Gasteiger partial charge is 0.490 e. The molecule has 0 aliphatic carbocycles. The lowest BCUT2D eigenvalue weighted by atomic mass is 9.85. The zero-order valence-electron chi connectivity index (χ0n) is 10.5. The van der Waals surface area contributed by atoms with Gasteiger partial charge in [-0.05, 0) is 23.5 Å². The Morgan fingerprint density at radius 3 is 2.62 bits per heavy atom. The van der Waals surface area contributed by atoms with Gasteiger partial charge in [-0.15, -0.1) is 0 Å². The van der Waals surface area contributed by atoms with E-state index in [-0.39, 0.29) is 5.41 Å². The molecule has 2 heteroatoms. The van der Waals surface area contributed by atoms with E-state index in [1.165, 1.54) is 11.1 Å². The molecule has 0 saturated carbocycles. The van der Waals surface area contributed by atoms with E-state index < -0.39 is 0 Å². The van der Waals surface area contributed by atoms with Crippen molar-refractivity contribution in [3.8, 4) is 5.75 Å². The average molecular weight is 220 g/mol. The molecule has 0 bridgehead atoms. The molecule has 1 aromatic rings. The van der Waals surface area contributed by atoms with Crippen LogP contribution in [-0.4, -0.2) is 19.3 Å². The van der Waals surface area contributed by atoms with Crippen LogP contribution in [0, 0.1) is 6.92 Å². The Balaban J connectivity index is 2.24. The minimum atomic E-state index is 0.117. The van der Waals surface area contributed by atoms with Crippen LogP contribution in [0.4, 0.5) is 0 Å². The fourth-order valence-electron chi connectivity index (χ4n) is 1.78. The van der Waals surface area contributed by atoms with Crippen LogP contribution in [0.5, 0.6) is 5.75 Å². The second-order valence-corrected chi connectivity index (χ2v) is 5.47.